The Labute approximate surface area is 120 Å². The van der Waals surface area contributed by atoms with Crippen LogP contribution >= 0.6 is 0 Å². The number of rotatable bonds is 4. The second kappa shape index (κ2) is 7.08. The largest absolute Gasteiger partial charge is 0.330 e. The lowest BCUT2D eigenvalue weighted by Crippen LogP contribution is -2.45. The SMILES string of the molecule is CCC1CCCN(CC2(CN)CCCC(C)C2)CC1. The summed E-state index contributed by atoms with van der Waals surface area (Å²) in [6, 6.07) is 0. The molecule has 1 heterocycles. The van der Waals surface area contributed by atoms with Crippen molar-refractivity contribution >= 4 is 0 Å². The second-order valence-corrected chi connectivity index (χ2v) is 7.39. The van der Waals surface area contributed by atoms with Crippen LogP contribution in [0.25, 0.3) is 0 Å². The molecule has 0 aromatic carbocycles. The van der Waals surface area contributed by atoms with Gasteiger partial charge in [-0.15, -0.1) is 0 Å². The molecule has 1 aliphatic heterocycles. The van der Waals surface area contributed by atoms with Crippen LogP contribution in [-0.4, -0.2) is 31.1 Å². The third-order valence-corrected chi connectivity index (χ3v) is 5.70. The number of likely N-dealkylation sites (tertiary alicyclic amines) is 1. The molecule has 1 aliphatic carbocycles. The van der Waals surface area contributed by atoms with E-state index in [-0.39, 0.29) is 0 Å². The van der Waals surface area contributed by atoms with Crippen LogP contribution in [0.4, 0.5) is 0 Å². The number of hydrogen-bond donors (Lipinski definition) is 1. The lowest BCUT2D eigenvalue weighted by Gasteiger charge is -2.42. The van der Waals surface area contributed by atoms with Crippen molar-refractivity contribution in [3.8, 4) is 0 Å². The summed E-state index contributed by atoms with van der Waals surface area (Å²) >= 11 is 0. The Morgan fingerprint density at radius 2 is 2.00 bits per heavy atom. The van der Waals surface area contributed by atoms with Gasteiger partial charge in [-0.3, -0.25) is 0 Å². The van der Waals surface area contributed by atoms with E-state index in [1.54, 1.807) is 0 Å². The predicted molar refractivity (Wildman–Crippen MR) is 83.2 cm³/mol. The van der Waals surface area contributed by atoms with Gasteiger partial charge in [-0.25, -0.2) is 0 Å². The molecule has 1 saturated heterocycles. The minimum Gasteiger partial charge on any atom is -0.330 e. The fraction of sp³-hybridized carbons (Fsp3) is 1.00. The summed E-state index contributed by atoms with van der Waals surface area (Å²) < 4.78 is 0. The summed E-state index contributed by atoms with van der Waals surface area (Å²) in [6.07, 6.45) is 11.1. The molecule has 3 unspecified atom stereocenters. The van der Waals surface area contributed by atoms with Crippen molar-refractivity contribution in [1.29, 1.82) is 0 Å². The highest BCUT2D eigenvalue weighted by atomic mass is 15.1. The first-order valence-corrected chi connectivity index (χ1v) is 8.60. The molecule has 2 N–H and O–H groups in total. The van der Waals surface area contributed by atoms with E-state index >= 15 is 0 Å². The van der Waals surface area contributed by atoms with Crippen LogP contribution in [0.15, 0.2) is 0 Å². The Morgan fingerprint density at radius 1 is 1.16 bits per heavy atom. The Bertz CT molecular complexity index is 266. The molecule has 0 radical (unpaired) electrons. The second-order valence-electron chi connectivity index (χ2n) is 7.39. The third-order valence-electron chi connectivity index (χ3n) is 5.70. The maximum Gasteiger partial charge on any atom is 0.00502 e. The van der Waals surface area contributed by atoms with Crippen LogP contribution in [0.3, 0.4) is 0 Å². The lowest BCUT2D eigenvalue weighted by molar-refractivity contribution is 0.0894. The monoisotopic (exact) mass is 266 g/mol. The molecule has 0 aromatic rings. The molecular formula is C17H34N2. The van der Waals surface area contributed by atoms with Crippen molar-refractivity contribution in [2.45, 2.75) is 65.2 Å². The molecule has 2 rings (SSSR count). The van der Waals surface area contributed by atoms with E-state index in [0.29, 0.717) is 5.41 Å². The van der Waals surface area contributed by atoms with E-state index < -0.39 is 0 Å². The van der Waals surface area contributed by atoms with Crippen molar-refractivity contribution in [2.24, 2.45) is 23.0 Å². The summed E-state index contributed by atoms with van der Waals surface area (Å²) in [7, 11) is 0. The lowest BCUT2D eigenvalue weighted by atomic mass is 9.69. The van der Waals surface area contributed by atoms with E-state index in [1.807, 2.05) is 0 Å². The van der Waals surface area contributed by atoms with Crippen molar-refractivity contribution in [2.75, 3.05) is 26.2 Å². The molecular weight excluding hydrogens is 232 g/mol. The summed E-state index contributed by atoms with van der Waals surface area (Å²) in [5, 5.41) is 0. The fourth-order valence-corrected chi connectivity index (χ4v) is 4.43. The summed E-state index contributed by atoms with van der Waals surface area (Å²) in [4.78, 5) is 2.74. The molecule has 2 aliphatic rings. The standard InChI is InChI=1S/C17H34N2/c1-3-16-7-5-10-19(11-8-16)14-17(13-18)9-4-6-15(2)12-17/h15-16H,3-14,18H2,1-2H3. The average Bonchev–Trinajstić information content (AvgIpc) is 2.64. The van der Waals surface area contributed by atoms with E-state index in [4.69, 9.17) is 5.73 Å². The first kappa shape index (κ1) is 15.3. The molecule has 2 fully saturated rings. The Morgan fingerprint density at radius 3 is 2.68 bits per heavy atom. The van der Waals surface area contributed by atoms with Gasteiger partial charge >= 0.3 is 0 Å². The van der Waals surface area contributed by atoms with E-state index in [1.165, 1.54) is 71.0 Å². The van der Waals surface area contributed by atoms with Gasteiger partial charge in [0.2, 0.25) is 0 Å². The normalized spacial score (nSPS) is 38.1. The molecule has 0 bridgehead atoms. The quantitative estimate of drug-likeness (QED) is 0.841. The molecule has 19 heavy (non-hydrogen) atoms. The molecule has 0 aromatic heterocycles. The van der Waals surface area contributed by atoms with Gasteiger partial charge in [0.1, 0.15) is 0 Å². The Balaban J connectivity index is 1.90. The average molecular weight is 266 g/mol. The van der Waals surface area contributed by atoms with Gasteiger partial charge in [-0.2, -0.15) is 0 Å². The van der Waals surface area contributed by atoms with Crippen LogP contribution in [-0.2, 0) is 0 Å². The molecule has 1 saturated carbocycles. The maximum atomic E-state index is 6.18. The van der Waals surface area contributed by atoms with Gasteiger partial charge in [0, 0.05) is 6.54 Å². The minimum atomic E-state index is 0.434. The van der Waals surface area contributed by atoms with E-state index in [9.17, 15) is 0 Å². The number of hydrogen-bond acceptors (Lipinski definition) is 2. The van der Waals surface area contributed by atoms with Crippen LogP contribution < -0.4 is 5.73 Å². The molecule has 2 heteroatoms. The number of nitrogens with zero attached hydrogens (tertiary/aromatic N) is 1. The number of nitrogens with two attached hydrogens (primary N) is 1. The van der Waals surface area contributed by atoms with Crippen molar-refractivity contribution in [3.63, 3.8) is 0 Å². The Kier molecular flexibility index (Phi) is 5.70. The molecule has 3 atom stereocenters. The summed E-state index contributed by atoms with van der Waals surface area (Å²) in [6.45, 7) is 9.56. The smallest absolute Gasteiger partial charge is 0.00502 e. The van der Waals surface area contributed by atoms with Crippen LogP contribution in [0, 0.1) is 17.3 Å². The summed E-state index contributed by atoms with van der Waals surface area (Å²) in [5.74, 6) is 1.86. The van der Waals surface area contributed by atoms with Gasteiger partial charge in [0.25, 0.3) is 0 Å². The Hall–Kier alpha value is -0.0800. The minimum absolute atomic E-state index is 0.434. The molecule has 2 nitrogen and oxygen atoms in total. The van der Waals surface area contributed by atoms with Gasteiger partial charge in [0.05, 0.1) is 0 Å². The predicted octanol–water partition coefficient (Wildman–Crippen LogP) is 3.65. The first-order chi connectivity index (χ1) is 9.17. The van der Waals surface area contributed by atoms with Crippen LogP contribution in [0.5, 0.6) is 0 Å². The molecule has 0 spiro atoms. The molecule has 112 valence electrons. The molecule has 0 amide bonds. The topological polar surface area (TPSA) is 29.3 Å². The zero-order valence-electron chi connectivity index (χ0n) is 13.2. The highest BCUT2D eigenvalue weighted by molar-refractivity contribution is 4.89. The maximum absolute atomic E-state index is 6.18. The zero-order chi connectivity index (χ0) is 13.7. The van der Waals surface area contributed by atoms with Crippen molar-refractivity contribution < 1.29 is 0 Å². The zero-order valence-corrected chi connectivity index (χ0v) is 13.2. The van der Waals surface area contributed by atoms with Crippen LogP contribution in [0.1, 0.15) is 65.2 Å². The van der Waals surface area contributed by atoms with Gasteiger partial charge in [0.15, 0.2) is 0 Å². The van der Waals surface area contributed by atoms with E-state index in [0.717, 1.165) is 18.4 Å². The highest BCUT2D eigenvalue weighted by Crippen LogP contribution is 2.39. The van der Waals surface area contributed by atoms with Crippen molar-refractivity contribution in [1.82, 2.24) is 4.90 Å². The summed E-state index contributed by atoms with van der Waals surface area (Å²) in [5.41, 5.74) is 6.62. The van der Waals surface area contributed by atoms with Gasteiger partial charge in [-0.05, 0) is 69.0 Å². The van der Waals surface area contributed by atoms with Crippen LogP contribution in [0.2, 0.25) is 0 Å². The van der Waals surface area contributed by atoms with Gasteiger partial charge in [-0.1, -0.05) is 33.1 Å². The fourth-order valence-electron chi connectivity index (χ4n) is 4.43. The highest BCUT2D eigenvalue weighted by Gasteiger charge is 2.35. The van der Waals surface area contributed by atoms with Gasteiger partial charge < -0.3 is 10.6 Å². The third kappa shape index (κ3) is 4.19. The van der Waals surface area contributed by atoms with Crippen molar-refractivity contribution in [3.05, 3.63) is 0 Å². The van der Waals surface area contributed by atoms with E-state index in [2.05, 4.69) is 18.7 Å². The first-order valence-electron chi connectivity index (χ1n) is 8.60.